The maximum atomic E-state index is 13.9. The molecule has 0 spiro atoms. The number of nitrogens with zero attached hydrogens (tertiary/aromatic N) is 1. The van der Waals surface area contributed by atoms with Gasteiger partial charge in [-0.1, -0.05) is 62.6 Å². The summed E-state index contributed by atoms with van der Waals surface area (Å²) in [6, 6.07) is 17.0. The van der Waals surface area contributed by atoms with Crippen LogP contribution in [-0.2, 0) is 16.4 Å². The Balaban J connectivity index is 1.61. The third-order valence-corrected chi connectivity index (χ3v) is 10.2. The minimum absolute atomic E-state index is 0.0167. The quantitative estimate of drug-likeness (QED) is 0.459. The molecule has 3 atom stereocenters. The van der Waals surface area contributed by atoms with E-state index in [1.807, 2.05) is 32.0 Å². The van der Waals surface area contributed by atoms with Crippen LogP contribution in [-0.4, -0.2) is 26.3 Å². The first kappa shape index (κ1) is 26.2. The average Bonchev–Trinajstić information content (AvgIpc) is 2.96. The van der Waals surface area contributed by atoms with Crippen LogP contribution in [0.5, 0.6) is 0 Å². The lowest BCUT2D eigenvalue weighted by molar-refractivity contribution is 0.0889. The number of fused-ring (bicyclic) bond motifs is 2. The molecule has 0 saturated heterocycles. The molecule has 5 rings (SSSR count). The Morgan fingerprint density at radius 3 is 2.53 bits per heavy atom. The number of nitrogens with one attached hydrogen (secondary N) is 1. The number of anilines is 1. The summed E-state index contributed by atoms with van der Waals surface area (Å²) in [7, 11) is -3.99. The summed E-state index contributed by atoms with van der Waals surface area (Å²) in [5.74, 6) is 0.217. The zero-order chi connectivity index (χ0) is 27.2. The van der Waals surface area contributed by atoms with Crippen LogP contribution in [0.25, 0.3) is 0 Å². The second-order valence-electron chi connectivity index (χ2n) is 10.9. The van der Waals surface area contributed by atoms with Gasteiger partial charge in [0.1, 0.15) is 0 Å². The van der Waals surface area contributed by atoms with E-state index in [0.29, 0.717) is 17.4 Å². The van der Waals surface area contributed by atoms with Crippen LogP contribution in [0.2, 0.25) is 0 Å². The van der Waals surface area contributed by atoms with Crippen LogP contribution in [0.15, 0.2) is 70.5 Å². The molecule has 1 aliphatic carbocycles. The molecule has 38 heavy (non-hydrogen) atoms. The number of amides is 2. The second kappa shape index (κ2) is 10.0. The molecule has 0 radical (unpaired) electrons. The third kappa shape index (κ3) is 4.64. The van der Waals surface area contributed by atoms with Crippen molar-refractivity contribution < 1.29 is 18.0 Å². The molecule has 0 aromatic heterocycles. The molecule has 1 aliphatic heterocycles. The molecule has 1 heterocycles. The summed E-state index contributed by atoms with van der Waals surface area (Å²) < 4.78 is 27.6. The molecule has 0 unspecified atom stereocenters. The van der Waals surface area contributed by atoms with Crippen LogP contribution in [0, 0.1) is 25.7 Å². The molecule has 6 nitrogen and oxygen atoms in total. The van der Waals surface area contributed by atoms with Gasteiger partial charge in [-0.15, -0.1) is 0 Å². The summed E-state index contributed by atoms with van der Waals surface area (Å²) in [5.41, 5.74) is 3.66. The Morgan fingerprint density at radius 2 is 1.74 bits per heavy atom. The Hall–Kier alpha value is -3.45. The predicted octanol–water partition coefficient (Wildman–Crippen LogP) is 5.85. The van der Waals surface area contributed by atoms with Crippen LogP contribution < -0.4 is 10.2 Å². The van der Waals surface area contributed by atoms with Gasteiger partial charge in [0, 0.05) is 11.6 Å². The molecule has 7 heteroatoms. The molecule has 1 fully saturated rings. The molecular formula is C31H34N2O4S. The number of hydrogen-bond acceptors (Lipinski definition) is 4. The number of carbonyl (C=O) groups is 2. The smallest absolute Gasteiger partial charge is 0.259 e. The van der Waals surface area contributed by atoms with Crippen LogP contribution >= 0.6 is 0 Å². The third-order valence-electron chi connectivity index (χ3n) is 8.31. The van der Waals surface area contributed by atoms with Crippen molar-refractivity contribution in [3.8, 4) is 0 Å². The molecule has 2 aliphatic rings. The minimum atomic E-state index is -3.99. The van der Waals surface area contributed by atoms with Gasteiger partial charge in [-0.2, -0.15) is 0 Å². The van der Waals surface area contributed by atoms with Crippen molar-refractivity contribution in [2.75, 3.05) is 4.90 Å². The van der Waals surface area contributed by atoms with Crippen LogP contribution in [0.3, 0.4) is 0 Å². The molecule has 198 valence electrons. The fourth-order valence-electron chi connectivity index (χ4n) is 5.68. The van der Waals surface area contributed by atoms with Gasteiger partial charge in [-0.3, -0.25) is 9.59 Å². The zero-order valence-electron chi connectivity index (χ0n) is 22.3. The van der Waals surface area contributed by atoms with Crippen LogP contribution in [0.1, 0.15) is 70.5 Å². The van der Waals surface area contributed by atoms with Crippen LogP contribution in [0.4, 0.5) is 5.69 Å². The zero-order valence-corrected chi connectivity index (χ0v) is 23.1. The molecule has 3 aromatic rings. The highest BCUT2D eigenvalue weighted by molar-refractivity contribution is 7.91. The number of hydrogen-bond donors (Lipinski definition) is 1. The lowest BCUT2D eigenvalue weighted by atomic mass is 9.78. The standard InChI is InChI=1S/C31H34N2O4S/c1-19-12-13-21(3)24(16-19)18-33-27-17-23(30(34)32-26-10-7-8-20(2)22(26)4)14-15-29(27)38(36,37)28-11-6-5-9-25(28)31(33)35/h5-6,9,11-17,20,22,26H,7-8,10,18H2,1-4H3,(H,32,34)/t20-,22+,26-/m1/s1. The summed E-state index contributed by atoms with van der Waals surface area (Å²) in [6.07, 6.45) is 3.14. The molecule has 0 bridgehead atoms. The van der Waals surface area contributed by atoms with Crippen molar-refractivity contribution in [1.82, 2.24) is 5.32 Å². The summed E-state index contributed by atoms with van der Waals surface area (Å²) in [6.45, 7) is 8.52. The molecule has 3 aromatic carbocycles. The topological polar surface area (TPSA) is 83.6 Å². The first-order chi connectivity index (χ1) is 18.1. The van der Waals surface area contributed by atoms with E-state index in [9.17, 15) is 18.0 Å². The monoisotopic (exact) mass is 530 g/mol. The van der Waals surface area contributed by atoms with Crippen molar-refractivity contribution in [3.05, 3.63) is 88.5 Å². The number of benzene rings is 3. The summed E-state index contributed by atoms with van der Waals surface area (Å²) in [5, 5.41) is 3.18. The SMILES string of the molecule is Cc1ccc(C)c(CN2C(=O)c3ccccc3S(=O)(=O)c3ccc(C(=O)N[C@@H]4CCC[C@@H](C)[C@@H]4C)cc32)c1. The highest BCUT2D eigenvalue weighted by Gasteiger charge is 2.36. The first-order valence-corrected chi connectivity index (χ1v) is 14.7. The number of sulfone groups is 1. The van der Waals surface area contributed by atoms with E-state index in [1.54, 1.807) is 30.3 Å². The number of carbonyl (C=O) groups excluding carboxylic acids is 2. The molecule has 1 N–H and O–H groups in total. The minimum Gasteiger partial charge on any atom is -0.349 e. The van der Waals surface area contributed by atoms with Gasteiger partial charge >= 0.3 is 0 Å². The maximum absolute atomic E-state index is 13.9. The molecule has 1 saturated carbocycles. The Labute approximate surface area is 225 Å². The van der Waals surface area contributed by atoms with Crippen molar-refractivity contribution in [2.24, 2.45) is 11.8 Å². The Kier molecular flexibility index (Phi) is 6.90. The fourth-order valence-corrected chi connectivity index (χ4v) is 7.31. The van der Waals surface area contributed by atoms with Gasteiger partial charge in [0.25, 0.3) is 11.8 Å². The summed E-state index contributed by atoms with van der Waals surface area (Å²) >= 11 is 0. The van der Waals surface area contributed by atoms with E-state index in [-0.39, 0.29) is 39.5 Å². The van der Waals surface area contributed by atoms with E-state index in [4.69, 9.17) is 0 Å². The van der Waals surface area contributed by atoms with E-state index in [1.165, 1.54) is 17.0 Å². The molecular weight excluding hydrogens is 496 g/mol. The first-order valence-electron chi connectivity index (χ1n) is 13.2. The van der Waals surface area contributed by atoms with Gasteiger partial charge in [0.05, 0.1) is 27.6 Å². The lowest BCUT2D eigenvalue weighted by Gasteiger charge is -2.34. The van der Waals surface area contributed by atoms with E-state index < -0.39 is 15.7 Å². The summed E-state index contributed by atoms with van der Waals surface area (Å²) in [4.78, 5) is 28.8. The normalized spacial score (nSPS) is 22.3. The van der Waals surface area contributed by atoms with Crippen molar-refractivity contribution in [1.29, 1.82) is 0 Å². The lowest BCUT2D eigenvalue weighted by Crippen LogP contribution is -2.43. The Morgan fingerprint density at radius 1 is 0.974 bits per heavy atom. The predicted molar refractivity (Wildman–Crippen MR) is 148 cm³/mol. The van der Waals surface area contributed by atoms with Gasteiger partial charge in [-0.25, -0.2) is 8.42 Å². The van der Waals surface area contributed by atoms with Crippen molar-refractivity contribution >= 4 is 27.3 Å². The van der Waals surface area contributed by atoms with E-state index in [0.717, 1.165) is 36.0 Å². The fraction of sp³-hybridized carbons (Fsp3) is 0.355. The van der Waals surface area contributed by atoms with Gasteiger partial charge in [-0.05, 0) is 73.6 Å². The molecule has 2 amide bonds. The highest BCUT2D eigenvalue weighted by Crippen LogP contribution is 2.38. The van der Waals surface area contributed by atoms with Crippen molar-refractivity contribution in [3.63, 3.8) is 0 Å². The van der Waals surface area contributed by atoms with Crippen molar-refractivity contribution in [2.45, 2.75) is 69.3 Å². The van der Waals surface area contributed by atoms with E-state index in [2.05, 4.69) is 19.2 Å². The van der Waals surface area contributed by atoms with E-state index >= 15 is 0 Å². The highest BCUT2D eigenvalue weighted by atomic mass is 32.2. The maximum Gasteiger partial charge on any atom is 0.259 e. The van der Waals surface area contributed by atoms with Gasteiger partial charge in [0.15, 0.2) is 0 Å². The number of rotatable bonds is 4. The second-order valence-corrected chi connectivity index (χ2v) is 12.7. The number of aryl methyl sites for hydroxylation is 2. The largest absolute Gasteiger partial charge is 0.349 e. The van der Waals surface area contributed by atoms with Gasteiger partial charge in [0.2, 0.25) is 9.84 Å². The van der Waals surface area contributed by atoms with Gasteiger partial charge < -0.3 is 10.2 Å². The Bertz CT molecular complexity index is 1530. The average molecular weight is 531 g/mol.